The van der Waals surface area contributed by atoms with Gasteiger partial charge in [-0.3, -0.25) is 10.1 Å². The lowest BCUT2D eigenvalue weighted by molar-refractivity contribution is -0.383. The van der Waals surface area contributed by atoms with Crippen molar-refractivity contribution in [1.29, 1.82) is 0 Å². The fourth-order valence-electron chi connectivity index (χ4n) is 1.14. The lowest BCUT2D eigenvalue weighted by Crippen LogP contribution is -1.96. The molecule has 92 valence electrons. The number of nitrogens with zero attached hydrogens (tertiary/aromatic N) is 4. The molecule has 0 fully saturated rings. The molecule has 8 heteroatoms. The van der Waals surface area contributed by atoms with E-state index >= 15 is 0 Å². The van der Waals surface area contributed by atoms with Gasteiger partial charge in [-0.1, -0.05) is 28.6 Å². The number of anilines is 1. The lowest BCUT2D eigenvalue weighted by atomic mass is 10.1. The van der Waals surface area contributed by atoms with Crippen LogP contribution >= 0.6 is 11.6 Å². The van der Waals surface area contributed by atoms with E-state index in [2.05, 4.69) is 21.9 Å². The van der Waals surface area contributed by atoms with Crippen LogP contribution in [0.5, 0.6) is 0 Å². The standard InChI is InChI=1S/C10H8ClN5O2/c11-8-6-9(12)10(16(17)18)5-7(8)3-1-2-4-14-15-13/h5-6H,2,4,12H2. The van der Waals surface area contributed by atoms with Gasteiger partial charge in [0.05, 0.1) is 15.5 Å². The van der Waals surface area contributed by atoms with Crippen molar-refractivity contribution in [3.8, 4) is 11.8 Å². The number of nitro benzene ring substituents is 1. The van der Waals surface area contributed by atoms with Crippen molar-refractivity contribution in [1.82, 2.24) is 0 Å². The molecule has 1 aromatic carbocycles. The monoisotopic (exact) mass is 265 g/mol. The molecule has 0 aliphatic heterocycles. The highest BCUT2D eigenvalue weighted by molar-refractivity contribution is 6.32. The summed E-state index contributed by atoms with van der Waals surface area (Å²) in [4.78, 5) is 12.7. The Bertz CT molecular complexity index is 584. The maximum absolute atomic E-state index is 10.7. The fraction of sp³-hybridized carbons (Fsp3) is 0.200. The van der Waals surface area contributed by atoms with Crippen LogP contribution in [0.3, 0.4) is 0 Å². The van der Waals surface area contributed by atoms with Gasteiger partial charge in [-0.15, -0.1) is 0 Å². The number of hydrogen-bond donors (Lipinski definition) is 1. The van der Waals surface area contributed by atoms with E-state index in [1.165, 1.54) is 12.1 Å². The lowest BCUT2D eigenvalue weighted by Gasteiger charge is -2.00. The van der Waals surface area contributed by atoms with Gasteiger partial charge in [-0.2, -0.15) is 0 Å². The molecule has 0 bridgehead atoms. The molecule has 0 radical (unpaired) electrons. The number of nitro groups is 1. The molecule has 0 spiro atoms. The minimum Gasteiger partial charge on any atom is -0.393 e. The Morgan fingerprint density at radius 1 is 1.61 bits per heavy atom. The Hall–Kier alpha value is -2.42. The maximum Gasteiger partial charge on any atom is 0.293 e. The van der Waals surface area contributed by atoms with E-state index in [1.807, 2.05) is 0 Å². The zero-order valence-corrected chi connectivity index (χ0v) is 9.89. The van der Waals surface area contributed by atoms with E-state index in [-0.39, 0.29) is 22.9 Å². The van der Waals surface area contributed by atoms with Gasteiger partial charge in [-0.05, 0) is 11.6 Å². The summed E-state index contributed by atoms with van der Waals surface area (Å²) < 4.78 is 0. The molecule has 0 aromatic heterocycles. The first kappa shape index (κ1) is 13.6. The zero-order valence-electron chi connectivity index (χ0n) is 9.13. The van der Waals surface area contributed by atoms with Crippen molar-refractivity contribution in [3.63, 3.8) is 0 Å². The third-order valence-corrected chi connectivity index (χ3v) is 2.25. The Balaban J connectivity index is 2.98. The third-order valence-electron chi connectivity index (χ3n) is 1.94. The van der Waals surface area contributed by atoms with Crippen LogP contribution in [0.1, 0.15) is 12.0 Å². The van der Waals surface area contributed by atoms with Crippen molar-refractivity contribution in [2.24, 2.45) is 5.11 Å². The van der Waals surface area contributed by atoms with Gasteiger partial charge in [0.15, 0.2) is 0 Å². The molecular weight excluding hydrogens is 258 g/mol. The largest absolute Gasteiger partial charge is 0.393 e. The topological polar surface area (TPSA) is 118 Å². The molecule has 0 unspecified atom stereocenters. The Kier molecular flexibility index (Phi) is 4.81. The average molecular weight is 266 g/mol. The molecule has 0 aliphatic rings. The molecule has 1 aromatic rings. The van der Waals surface area contributed by atoms with Crippen LogP contribution in [0, 0.1) is 22.0 Å². The van der Waals surface area contributed by atoms with E-state index in [0.717, 1.165) is 0 Å². The van der Waals surface area contributed by atoms with Gasteiger partial charge in [0.1, 0.15) is 5.69 Å². The number of hydrogen-bond acceptors (Lipinski definition) is 4. The van der Waals surface area contributed by atoms with E-state index in [1.54, 1.807) is 0 Å². The van der Waals surface area contributed by atoms with Gasteiger partial charge in [0.25, 0.3) is 5.69 Å². The summed E-state index contributed by atoms with van der Waals surface area (Å²) in [6.07, 6.45) is 0.346. The summed E-state index contributed by atoms with van der Waals surface area (Å²) in [5.41, 5.74) is 13.6. The van der Waals surface area contributed by atoms with Crippen LogP contribution < -0.4 is 5.73 Å². The fourth-order valence-corrected chi connectivity index (χ4v) is 1.36. The van der Waals surface area contributed by atoms with Crippen LogP contribution in [-0.4, -0.2) is 11.5 Å². The van der Waals surface area contributed by atoms with Gasteiger partial charge >= 0.3 is 0 Å². The summed E-state index contributed by atoms with van der Waals surface area (Å²) in [6, 6.07) is 2.51. The van der Waals surface area contributed by atoms with Crippen molar-refractivity contribution in [3.05, 3.63) is 43.3 Å². The third kappa shape index (κ3) is 3.56. The highest BCUT2D eigenvalue weighted by atomic mass is 35.5. The van der Waals surface area contributed by atoms with Crippen LogP contribution in [0.4, 0.5) is 11.4 Å². The van der Waals surface area contributed by atoms with E-state index in [9.17, 15) is 10.1 Å². The Labute approximate surface area is 107 Å². The zero-order chi connectivity index (χ0) is 13.5. The smallest absolute Gasteiger partial charge is 0.293 e. The number of nitrogens with two attached hydrogens (primary N) is 1. The van der Waals surface area contributed by atoms with Crippen molar-refractivity contribution >= 4 is 23.0 Å². The molecule has 0 saturated carbocycles. The van der Waals surface area contributed by atoms with E-state index in [4.69, 9.17) is 22.9 Å². The second-order valence-corrected chi connectivity index (χ2v) is 3.56. The second-order valence-electron chi connectivity index (χ2n) is 3.15. The minimum absolute atomic E-state index is 0.00960. The first-order valence-electron chi connectivity index (χ1n) is 4.79. The van der Waals surface area contributed by atoms with Gasteiger partial charge in [-0.25, -0.2) is 0 Å². The summed E-state index contributed by atoms with van der Waals surface area (Å²) in [5, 5.41) is 14.2. The molecule has 0 amide bonds. The minimum atomic E-state index is -0.600. The highest BCUT2D eigenvalue weighted by Gasteiger charge is 2.14. The first-order chi connectivity index (χ1) is 8.56. The number of nitrogen functional groups attached to an aromatic ring is 1. The quantitative estimate of drug-likeness (QED) is 0.132. The number of azide groups is 1. The van der Waals surface area contributed by atoms with E-state index in [0.29, 0.717) is 12.0 Å². The van der Waals surface area contributed by atoms with Crippen molar-refractivity contribution < 1.29 is 4.92 Å². The average Bonchev–Trinajstić information content (AvgIpc) is 2.30. The highest BCUT2D eigenvalue weighted by Crippen LogP contribution is 2.28. The van der Waals surface area contributed by atoms with Crippen molar-refractivity contribution in [2.75, 3.05) is 12.3 Å². The molecule has 0 saturated heterocycles. The van der Waals surface area contributed by atoms with Gasteiger partial charge < -0.3 is 5.73 Å². The summed E-state index contributed by atoms with van der Waals surface area (Å²) in [5.74, 6) is 5.37. The SMILES string of the molecule is [N-]=[N+]=NCCC#Cc1cc([N+](=O)[O-])c(N)cc1Cl. The number of rotatable bonds is 3. The maximum atomic E-state index is 10.7. The Morgan fingerprint density at radius 2 is 2.33 bits per heavy atom. The molecule has 18 heavy (non-hydrogen) atoms. The first-order valence-corrected chi connectivity index (χ1v) is 5.17. The predicted octanol–water partition coefficient (Wildman–Crippen LogP) is 2.88. The molecule has 0 heterocycles. The van der Waals surface area contributed by atoms with Gasteiger partial charge in [0, 0.05) is 23.9 Å². The molecular formula is C10H8ClN5O2. The van der Waals surface area contributed by atoms with Crippen LogP contribution in [-0.2, 0) is 0 Å². The summed E-state index contributed by atoms with van der Waals surface area (Å²) >= 11 is 5.86. The van der Waals surface area contributed by atoms with Gasteiger partial charge in [0.2, 0.25) is 0 Å². The van der Waals surface area contributed by atoms with E-state index < -0.39 is 4.92 Å². The molecule has 0 atom stereocenters. The van der Waals surface area contributed by atoms with Crippen molar-refractivity contribution in [2.45, 2.75) is 6.42 Å². The number of halogens is 1. The molecule has 7 nitrogen and oxygen atoms in total. The van der Waals surface area contributed by atoms with Crippen LogP contribution in [0.15, 0.2) is 17.2 Å². The summed E-state index contributed by atoms with van der Waals surface area (Å²) in [6.45, 7) is 0.234. The Morgan fingerprint density at radius 3 is 2.94 bits per heavy atom. The van der Waals surface area contributed by atoms with Crippen LogP contribution in [0.25, 0.3) is 10.4 Å². The second kappa shape index (κ2) is 6.35. The molecule has 1 rings (SSSR count). The molecule has 0 aliphatic carbocycles. The number of benzene rings is 1. The predicted molar refractivity (Wildman–Crippen MR) is 68.0 cm³/mol. The van der Waals surface area contributed by atoms with Crippen LogP contribution in [0.2, 0.25) is 5.02 Å². The normalized spacial score (nSPS) is 8.94. The summed E-state index contributed by atoms with van der Waals surface area (Å²) in [7, 11) is 0. The molecule has 2 N–H and O–H groups in total.